The van der Waals surface area contributed by atoms with Crippen LogP contribution in [0.4, 0.5) is 0 Å². The van der Waals surface area contributed by atoms with E-state index in [0.29, 0.717) is 24.0 Å². The molecule has 2 aliphatic heterocycles. The van der Waals surface area contributed by atoms with E-state index < -0.39 is 0 Å². The van der Waals surface area contributed by atoms with Gasteiger partial charge in [0.2, 0.25) is 0 Å². The second-order valence-corrected chi connectivity index (χ2v) is 12.4. The van der Waals surface area contributed by atoms with Gasteiger partial charge in [0.1, 0.15) is 11.7 Å². The summed E-state index contributed by atoms with van der Waals surface area (Å²) in [6.45, 7) is 4.50. The van der Waals surface area contributed by atoms with E-state index in [-0.39, 0.29) is 23.5 Å². The van der Waals surface area contributed by atoms with Crippen molar-refractivity contribution >= 4 is 35.6 Å². The predicted molar refractivity (Wildman–Crippen MR) is 178 cm³/mol. The molecule has 0 saturated carbocycles. The number of carbonyl (C=O) groups is 2. The Kier molecular flexibility index (Phi) is 15.0. The molecular formula is C36H56N4O2. The highest BCUT2D eigenvalue weighted by atomic mass is 16.2. The third kappa shape index (κ3) is 10.2. The van der Waals surface area contributed by atoms with Gasteiger partial charge in [-0.15, -0.1) is 0 Å². The zero-order valence-corrected chi connectivity index (χ0v) is 26.6. The standard InChI is InChI=1S/C36H56N4O2/c1-3-5-7-9-11-13-15-17-19-21-23-27-29-25-31(37)40-36(42)34(29)28(30-26-32(38)39-35(41)33(27)30)24-22-20-18-16-14-12-10-8-6-4-2/h25-26H,3-24H2,1-2H3,(H2,38,39,41)(H2,37,40,42). The summed E-state index contributed by atoms with van der Waals surface area (Å²) < 4.78 is 0. The van der Waals surface area contributed by atoms with Crippen LogP contribution < -0.4 is 21.9 Å². The SMILES string of the molecule is CCCCCCCCCCCCc1c2c(c(CCCCCCCCCCCC)c3c1=CC(N)=NC3=O)=CC(N)=NC2=O. The molecule has 0 spiro atoms. The molecule has 6 heteroatoms. The molecule has 0 unspecified atom stereocenters. The molecular weight excluding hydrogens is 520 g/mol. The number of hydrogen-bond donors (Lipinski definition) is 2. The maximum absolute atomic E-state index is 13.3. The number of fused-ring (bicyclic) bond motifs is 2. The number of amidine groups is 2. The summed E-state index contributed by atoms with van der Waals surface area (Å²) in [5, 5.41) is 1.56. The Balaban J connectivity index is 1.70. The summed E-state index contributed by atoms with van der Waals surface area (Å²) in [5.74, 6) is -0.198. The van der Waals surface area contributed by atoms with Crippen LogP contribution in [-0.2, 0) is 12.8 Å². The quantitative estimate of drug-likeness (QED) is 0.142. The van der Waals surface area contributed by atoms with Gasteiger partial charge in [-0.25, -0.2) is 0 Å². The third-order valence-electron chi connectivity index (χ3n) is 8.83. The topological polar surface area (TPSA) is 111 Å². The fourth-order valence-corrected chi connectivity index (χ4v) is 6.51. The zero-order valence-electron chi connectivity index (χ0n) is 26.6. The number of amides is 2. The van der Waals surface area contributed by atoms with E-state index in [0.717, 1.165) is 47.2 Å². The molecule has 0 bridgehead atoms. The van der Waals surface area contributed by atoms with E-state index in [1.165, 1.54) is 103 Å². The monoisotopic (exact) mass is 576 g/mol. The first-order valence-corrected chi connectivity index (χ1v) is 17.2. The lowest BCUT2D eigenvalue weighted by molar-refractivity contribution is 0.0986. The Hall–Kier alpha value is -2.76. The first-order valence-electron chi connectivity index (χ1n) is 17.2. The van der Waals surface area contributed by atoms with E-state index in [4.69, 9.17) is 11.5 Å². The largest absolute Gasteiger partial charge is 0.384 e. The molecule has 2 amide bonds. The van der Waals surface area contributed by atoms with Crippen LogP contribution in [0.5, 0.6) is 0 Å². The second-order valence-electron chi connectivity index (χ2n) is 12.4. The molecule has 42 heavy (non-hydrogen) atoms. The lowest BCUT2D eigenvalue weighted by Gasteiger charge is -2.21. The van der Waals surface area contributed by atoms with Gasteiger partial charge in [0.05, 0.1) is 11.1 Å². The van der Waals surface area contributed by atoms with Crippen molar-refractivity contribution in [1.29, 1.82) is 0 Å². The smallest absolute Gasteiger partial charge is 0.279 e. The summed E-state index contributed by atoms with van der Waals surface area (Å²) in [7, 11) is 0. The molecule has 0 radical (unpaired) electrons. The molecule has 3 rings (SSSR count). The molecule has 1 aromatic carbocycles. The number of nitrogens with two attached hydrogens (primary N) is 2. The molecule has 0 atom stereocenters. The molecule has 0 aliphatic carbocycles. The van der Waals surface area contributed by atoms with Gasteiger partial charge < -0.3 is 11.5 Å². The number of benzene rings is 1. The summed E-state index contributed by atoms with van der Waals surface area (Å²) in [6, 6.07) is 0. The minimum atomic E-state index is -0.305. The summed E-state index contributed by atoms with van der Waals surface area (Å²) in [4.78, 5) is 34.8. The van der Waals surface area contributed by atoms with Crippen LogP contribution in [0.15, 0.2) is 9.98 Å². The Morgan fingerprint density at radius 3 is 1.07 bits per heavy atom. The normalized spacial score (nSPS) is 14.1. The fourth-order valence-electron chi connectivity index (χ4n) is 6.51. The van der Waals surface area contributed by atoms with E-state index in [9.17, 15) is 9.59 Å². The van der Waals surface area contributed by atoms with Gasteiger partial charge in [0.25, 0.3) is 11.8 Å². The highest BCUT2D eigenvalue weighted by Gasteiger charge is 2.27. The Bertz CT molecular complexity index is 1130. The molecule has 0 fully saturated rings. The van der Waals surface area contributed by atoms with Crippen LogP contribution in [0.1, 0.15) is 174 Å². The highest BCUT2D eigenvalue weighted by Crippen LogP contribution is 2.20. The highest BCUT2D eigenvalue weighted by molar-refractivity contribution is 6.22. The van der Waals surface area contributed by atoms with Crippen molar-refractivity contribution in [3.8, 4) is 0 Å². The lowest BCUT2D eigenvalue weighted by Crippen LogP contribution is -2.40. The molecule has 2 aliphatic rings. The Morgan fingerprint density at radius 1 is 0.476 bits per heavy atom. The minimum absolute atomic E-state index is 0.205. The van der Waals surface area contributed by atoms with Gasteiger partial charge in [-0.05, 0) is 59.4 Å². The first kappa shape index (κ1) is 33.7. The first-order chi connectivity index (χ1) is 20.5. The number of unbranched alkanes of at least 4 members (excludes halogenated alkanes) is 18. The van der Waals surface area contributed by atoms with Crippen molar-refractivity contribution in [2.45, 2.75) is 155 Å². The lowest BCUT2D eigenvalue weighted by atomic mass is 9.85. The van der Waals surface area contributed by atoms with Gasteiger partial charge >= 0.3 is 0 Å². The van der Waals surface area contributed by atoms with Crippen molar-refractivity contribution < 1.29 is 9.59 Å². The molecule has 6 nitrogen and oxygen atoms in total. The number of carbonyl (C=O) groups excluding carboxylic acids is 2. The van der Waals surface area contributed by atoms with Crippen LogP contribution in [0.2, 0.25) is 0 Å². The van der Waals surface area contributed by atoms with E-state index in [1.54, 1.807) is 12.2 Å². The molecule has 0 aromatic heterocycles. The summed E-state index contributed by atoms with van der Waals surface area (Å²) in [6.07, 6.45) is 29.8. The van der Waals surface area contributed by atoms with E-state index in [1.807, 2.05) is 0 Å². The summed E-state index contributed by atoms with van der Waals surface area (Å²) in [5.41, 5.74) is 15.2. The number of rotatable bonds is 22. The Morgan fingerprint density at radius 2 is 0.762 bits per heavy atom. The molecule has 4 N–H and O–H groups in total. The number of nitrogens with zero attached hydrogens (tertiary/aromatic N) is 2. The molecule has 0 saturated heterocycles. The van der Waals surface area contributed by atoms with Crippen LogP contribution in [0, 0.1) is 0 Å². The minimum Gasteiger partial charge on any atom is -0.384 e. The predicted octanol–water partition coefficient (Wildman–Crippen LogP) is 7.20. The average molecular weight is 577 g/mol. The average Bonchev–Trinajstić information content (AvgIpc) is 2.95. The number of hydrogen-bond acceptors (Lipinski definition) is 4. The maximum Gasteiger partial charge on any atom is 0.279 e. The molecule has 2 heterocycles. The van der Waals surface area contributed by atoms with Crippen molar-refractivity contribution in [1.82, 2.24) is 0 Å². The van der Waals surface area contributed by atoms with Crippen molar-refractivity contribution in [3.63, 3.8) is 0 Å². The molecule has 232 valence electrons. The maximum atomic E-state index is 13.3. The van der Waals surface area contributed by atoms with Gasteiger partial charge in [-0.2, -0.15) is 9.98 Å². The van der Waals surface area contributed by atoms with Gasteiger partial charge in [0.15, 0.2) is 0 Å². The van der Waals surface area contributed by atoms with Gasteiger partial charge in [-0.1, -0.05) is 129 Å². The Labute approximate surface area is 254 Å². The molecule has 1 aromatic rings. The van der Waals surface area contributed by atoms with Crippen molar-refractivity contribution in [2.75, 3.05) is 0 Å². The summed E-state index contributed by atoms with van der Waals surface area (Å²) >= 11 is 0. The van der Waals surface area contributed by atoms with Crippen LogP contribution in [0.3, 0.4) is 0 Å². The zero-order chi connectivity index (χ0) is 30.2. The number of aliphatic imine (C=N–C) groups is 2. The fraction of sp³-hybridized carbons (Fsp3) is 0.667. The van der Waals surface area contributed by atoms with Crippen LogP contribution in [-0.4, -0.2) is 23.5 Å². The van der Waals surface area contributed by atoms with Crippen LogP contribution >= 0.6 is 0 Å². The van der Waals surface area contributed by atoms with Crippen molar-refractivity contribution in [2.24, 2.45) is 21.5 Å². The van der Waals surface area contributed by atoms with Gasteiger partial charge in [0, 0.05) is 0 Å². The van der Waals surface area contributed by atoms with E-state index >= 15 is 0 Å². The van der Waals surface area contributed by atoms with Crippen LogP contribution in [0.25, 0.3) is 12.2 Å². The van der Waals surface area contributed by atoms with Crippen molar-refractivity contribution in [3.05, 3.63) is 32.7 Å². The van der Waals surface area contributed by atoms with E-state index in [2.05, 4.69) is 23.8 Å². The second kappa shape index (κ2) is 18.7. The third-order valence-corrected chi connectivity index (χ3v) is 8.83. The van der Waals surface area contributed by atoms with Gasteiger partial charge in [-0.3, -0.25) is 9.59 Å².